The molecule has 15 heteroatoms. The molecule has 2 aromatic rings. The molecular formula is C17H14FN3O10S. The standard InChI is InChI=1S/C17H14FN3O10S/c18-11-3-1-2-9(4-11)7-32(30,31)8-12(17(24)25)19-15-13(20(26)27)5-10(16(22)23)6-14(15)21(28)29/h1-6,12,19H,7-8H2,(H,22,23)(H,24,25)/t12-/m1/s1. The van der Waals surface area contributed by atoms with Crippen molar-refractivity contribution in [3.63, 3.8) is 0 Å². The van der Waals surface area contributed by atoms with Crippen molar-refractivity contribution in [1.29, 1.82) is 0 Å². The number of nitro benzene ring substituents is 2. The van der Waals surface area contributed by atoms with Crippen molar-refractivity contribution in [2.75, 3.05) is 11.1 Å². The molecule has 1 atom stereocenters. The van der Waals surface area contributed by atoms with Crippen molar-refractivity contribution < 1.29 is 42.5 Å². The average molecular weight is 471 g/mol. The van der Waals surface area contributed by atoms with E-state index in [9.17, 15) is 47.7 Å². The van der Waals surface area contributed by atoms with Gasteiger partial charge in [0, 0.05) is 12.1 Å². The van der Waals surface area contributed by atoms with E-state index in [0.717, 1.165) is 12.1 Å². The third-order valence-corrected chi connectivity index (χ3v) is 5.66. The molecule has 0 bridgehead atoms. The van der Waals surface area contributed by atoms with Crippen molar-refractivity contribution in [3.05, 3.63) is 73.6 Å². The zero-order chi connectivity index (χ0) is 24.2. The Morgan fingerprint density at radius 3 is 2.06 bits per heavy atom. The predicted octanol–water partition coefficient (Wildman–Crippen LogP) is 1.82. The largest absolute Gasteiger partial charge is 0.480 e. The minimum absolute atomic E-state index is 0.0110. The molecule has 0 unspecified atom stereocenters. The topological polar surface area (TPSA) is 207 Å². The molecule has 0 aliphatic carbocycles. The lowest BCUT2D eigenvalue weighted by Gasteiger charge is -2.16. The molecule has 13 nitrogen and oxygen atoms in total. The smallest absolute Gasteiger partial charge is 0.336 e. The van der Waals surface area contributed by atoms with E-state index in [0.29, 0.717) is 12.1 Å². The summed E-state index contributed by atoms with van der Waals surface area (Å²) in [5.41, 5.74) is -4.04. The Hall–Kier alpha value is -4.14. The van der Waals surface area contributed by atoms with Crippen LogP contribution in [0.1, 0.15) is 15.9 Å². The molecule has 0 fully saturated rings. The van der Waals surface area contributed by atoms with E-state index < -0.39 is 77.6 Å². The zero-order valence-electron chi connectivity index (χ0n) is 15.8. The first-order valence-electron chi connectivity index (χ1n) is 8.45. The highest BCUT2D eigenvalue weighted by Gasteiger charge is 2.34. The van der Waals surface area contributed by atoms with Crippen molar-refractivity contribution in [3.8, 4) is 0 Å². The normalized spacial score (nSPS) is 12.0. The fourth-order valence-electron chi connectivity index (χ4n) is 2.71. The van der Waals surface area contributed by atoms with Gasteiger partial charge in [-0.2, -0.15) is 0 Å². The number of nitro groups is 2. The van der Waals surface area contributed by atoms with E-state index in [1.807, 2.05) is 5.32 Å². The van der Waals surface area contributed by atoms with Gasteiger partial charge in [-0.1, -0.05) is 12.1 Å². The van der Waals surface area contributed by atoms with E-state index in [2.05, 4.69) is 0 Å². The Morgan fingerprint density at radius 1 is 1.06 bits per heavy atom. The molecule has 0 spiro atoms. The second-order valence-electron chi connectivity index (χ2n) is 6.43. The van der Waals surface area contributed by atoms with Crippen LogP contribution in [0.2, 0.25) is 0 Å². The van der Waals surface area contributed by atoms with Gasteiger partial charge in [0.15, 0.2) is 15.5 Å². The molecule has 0 amide bonds. The number of carboxylic acids is 2. The number of halogens is 1. The Labute approximate surface area is 178 Å². The van der Waals surface area contributed by atoms with Crippen LogP contribution in [0.25, 0.3) is 0 Å². The predicted molar refractivity (Wildman–Crippen MR) is 106 cm³/mol. The number of hydrogen-bond donors (Lipinski definition) is 3. The molecule has 2 rings (SSSR count). The highest BCUT2D eigenvalue weighted by atomic mass is 32.2. The second-order valence-corrected chi connectivity index (χ2v) is 8.54. The summed E-state index contributed by atoms with van der Waals surface area (Å²) in [6.45, 7) is 0. The fourth-order valence-corrected chi connectivity index (χ4v) is 4.25. The summed E-state index contributed by atoms with van der Waals surface area (Å²) in [4.78, 5) is 43.0. The highest BCUT2D eigenvalue weighted by molar-refractivity contribution is 7.90. The quantitative estimate of drug-likeness (QED) is 0.336. The van der Waals surface area contributed by atoms with Gasteiger partial charge in [-0.3, -0.25) is 20.2 Å². The van der Waals surface area contributed by atoms with Crippen LogP contribution < -0.4 is 5.32 Å². The maximum absolute atomic E-state index is 13.3. The van der Waals surface area contributed by atoms with Gasteiger partial charge in [-0.05, 0) is 17.7 Å². The summed E-state index contributed by atoms with van der Waals surface area (Å²) in [5.74, 6) is -6.17. The SMILES string of the molecule is O=C(O)c1cc([N+](=O)[O-])c(N[C@H](CS(=O)(=O)Cc2cccc(F)c2)C(=O)O)c([N+](=O)[O-])c1. The van der Waals surface area contributed by atoms with E-state index in [4.69, 9.17) is 5.11 Å². The van der Waals surface area contributed by atoms with Crippen molar-refractivity contribution >= 4 is 38.8 Å². The van der Waals surface area contributed by atoms with Gasteiger partial charge >= 0.3 is 11.9 Å². The monoisotopic (exact) mass is 471 g/mol. The second kappa shape index (κ2) is 9.34. The van der Waals surface area contributed by atoms with Crippen LogP contribution >= 0.6 is 0 Å². The highest BCUT2D eigenvalue weighted by Crippen LogP contribution is 2.36. The molecular weight excluding hydrogens is 457 g/mol. The van der Waals surface area contributed by atoms with Gasteiger partial charge in [0.25, 0.3) is 11.4 Å². The van der Waals surface area contributed by atoms with Crippen LogP contribution in [0.5, 0.6) is 0 Å². The van der Waals surface area contributed by atoms with Crippen LogP contribution in [-0.4, -0.2) is 52.2 Å². The zero-order valence-corrected chi connectivity index (χ0v) is 16.6. The Balaban J connectivity index is 2.46. The maximum atomic E-state index is 13.3. The third-order valence-electron chi connectivity index (χ3n) is 4.05. The summed E-state index contributed by atoms with van der Waals surface area (Å²) in [6.07, 6.45) is 0. The first-order valence-corrected chi connectivity index (χ1v) is 10.3. The lowest BCUT2D eigenvalue weighted by atomic mass is 10.1. The van der Waals surface area contributed by atoms with Crippen molar-refractivity contribution in [2.24, 2.45) is 0 Å². The molecule has 0 heterocycles. The number of hydrogen-bond acceptors (Lipinski definition) is 9. The number of sulfone groups is 1. The van der Waals surface area contributed by atoms with Crippen LogP contribution in [0.3, 0.4) is 0 Å². The number of aromatic carboxylic acids is 1. The first kappa shape index (κ1) is 24.1. The lowest BCUT2D eigenvalue weighted by molar-refractivity contribution is -0.392. The van der Waals surface area contributed by atoms with E-state index in [-0.39, 0.29) is 5.56 Å². The molecule has 2 aromatic carbocycles. The molecule has 0 saturated heterocycles. The number of carboxylic acid groups (broad SMARTS) is 2. The number of benzene rings is 2. The summed E-state index contributed by atoms with van der Waals surface area (Å²) >= 11 is 0. The summed E-state index contributed by atoms with van der Waals surface area (Å²) in [5, 5.41) is 43.0. The number of aliphatic carboxylic acids is 1. The minimum atomic E-state index is -4.25. The van der Waals surface area contributed by atoms with Gasteiger partial charge < -0.3 is 15.5 Å². The number of nitrogens with zero attached hydrogens (tertiary/aromatic N) is 2. The van der Waals surface area contributed by atoms with E-state index in [1.165, 1.54) is 12.1 Å². The molecule has 32 heavy (non-hydrogen) atoms. The summed E-state index contributed by atoms with van der Waals surface area (Å²) in [6, 6.07) is 3.36. The minimum Gasteiger partial charge on any atom is -0.480 e. The van der Waals surface area contributed by atoms with Crippen LogP contribution in [0.4, 0.5) is 21.5 Å². The first-order chi connectivity index (χ1) is 14.8. The lowest BCUT2D eigenvalue weighted by Crippen LogP contribution is -2.37. The molecule has 0 radical (unpaired) electrons. The van der Waals surface area contributed by atoms with Crippen LogP contribution in [0, 0.1) is 26.0 Å². The number of nitrogens with one attached hydrogen (secondary N) is 1. The van der Waals surface area contributed by atoms with Crippen molar-refractivity contribution in [2.45, 2.75) is 11.8 Å². The molecule has 0 aromatic heterocycles. The molecule has 3 N–H and O–H groups in total. The molecule has 0 aliphatic heterocycles. The van der Waals surface area contributed by atoms with Crippen LogP contribution in [0.15, 0.2) is 36.4 Å². The summed E-state index contributed by atoms with van der Waals surface area (Å²) < 4.78 is 38.1. The third kappa shape index (κ3) is 5.94. The number of rotatable bonds is 10. The van der Waals surface area contributed by atoms with Gasteiger partial charge in [-0.25, -0.2) is 22.4 Å². The fraction of sp³-hybridized carbons (Fsp3) is 0.176. The van der Waals surface area contributed by atoms with Gasteiger partial charge in [-0.15, -0.1) is 0 Å². The Kier molecular flexibility index (Phi) is 7.04. The van der Waals surface area contributed by atoms with Gasteiger partial charge in [0.05, 0.1) is 26.9 Å². The van der Waals surface area contributed by atoms with E-state index >= 15 is 0 Å². The number of anilines is 1. The van der Waals surface area contributed by atoms with Crippen LogP contribution in [-0.2, 0) is 20.4 Å². The molecule has 0 aliphatic rings. The number of carbonyl (C=O) groups is 2. The summed E-state index contributed by atoms with van der Waals surface area (Å²) in [7, 11) is -4.25. The molecule has 0 saturated carbocycles. The average Bonchev–Trinajstić information content (AvgIpc) is 2.66. The Bertz CT molecular complexity index is 1180. The van der Waals surface area contributed by atoms with Gasteiger partial charge in [0.1, 0.15) is 11.9 Å². The van der Waals surface area contributed by atoms with Gasteiger partial charge in [0.2, 0.25) is 0 Å². The van der Waals surface area contributed by atoms with E-state index in [1.54, 1.807) is 0 Å². The van der Waals surface area contributed by atoms with Crippen molar-refractivity contribution in [1.82, 2.24) is 0 Å². The Morgan fingerprint density at radius 2 is 1.62 bits per heavy atom. The maximum Gasteiger partial charge on any atom is 0.336 e. The molecule has 170 valence electrons.